The van der Waals surface area contributed by atoms with Gasteiger partial charge in [-0.3, -0.25) is 0 Å². The number of hydrogen-bond acceptors (Lipinski definition) is 4. The highest BCUT2D eigenvalue weighted by Gasteiger charge is 2.35. The number of rotatable bonds is 3. The van der Waals surface area contributed by atoms with Crippen LogP contribution >= 0.6 is 15.9 Å². The zero-order valence-electron chi connectivity index (χ0n) is 9.23. The third-order valence-electron chi connectivity index (χ3n) is 3.32. The highest BCUT2D eigenvalue weighted by Crippen LogP contribution is 2.42. The van der Waals surface area contributed by atoms with Gasteiger partial charge in [0.05, 0.1) is 12.1 Å². The molecule has 1 aromatic rings. The number of fused-ring (bicyclic) bond motifs is 1. The molecular weight excluding hydrogens is 286 g/mol. The predicted octanol–water partition coefficient (Wildman–Crippen LogP) is 1.95. The largest absolute Gasteiger partial charge is 0.454 e. The quantitative estimate of drug-likeness (QED) is 0.895. The molecule has 0 radical (unpaired) electrons. The molecule has 1 aromatic carbocycles. The molecule has 0 aromatic heterocycles. The minimum Gasteiger partial charge on any atom is -0.454 e. The van der Waals surface area contributed by atoms with Gasteiger partial charge in [-0.15, -0.1) is 0 Å². The maximum Gasteiger partial charge on any atom is 0.231 e. The van der Waals surface area contributed by atoms with Gasteiger partial charge in [0, 0.05) is 4.47 Å². The van der Waals surface area contributed by atoms with Crippen LogP contribution in [0.5, 0.6) is 11.5 Å². The molecule has 1 fully saturated rings. The van der Waals surface area contributed by atoms with Gasteiger partial charge < -0.3 is 20.3 Å². The van der Waals surface area contributed by atoms with Crippen molar-refractivity contribution in [3.05, 3.63) is 22.2 Å². The van der Waals surface area contributed by atoms with Crippen molar-refractivity contribution in [3.63, 3.8) is 0 Å². The lowest BCUT2D eigenvalue weighted by Gasteiger charge is -2.20. The van der Waals surface area contributed by atoms with Gasteiger partial charge in [-0.05, 0) is 36.5 Å². The van der Waals surface area contributed by atoms with E-state index in [0.29, 0.717) is 17.4 Å². The Labute approximate surface area is 108 Å². The molecule has 2 aliphatic rings. The van der Waals surface area contributed by atoms with Crippen LogP contribution < -0.4 is 15.2 Å². The fourth-order valence-corrected chi connectivity index (χ4v) is 2.69. The Morgan fingerprint density at radius 2 is 1.94 bits per heavy atom. The van der Waals surface area contributed by atoms with E-state index >= 15 is 0 Å². The van der Waals surface area contributed by atoms with Crippen LogP contribution in [-0.2, 0) is 0 Å². The van der Waals surface area contributed by atoms with Crippen LogP contribution in [0.25, 0.3) is 0 Å². The molecule has 1 aliphatic carbocycles. The van der Waals surface area contributed by atoms with Crippen molar-refractivity contribution in [2.75, 3.05) is 6.79 Å². The first-order valence-electron chi connectivity index (χ1n) is 5.69. The number of nitrogens with two attached hydrogens (primary N) is 1. The minimum absolute atomic E-state index is 0.242. The number of ether oxygens (including phenoxy) is 2. The monoisotopic (exact) mass is 299 g/mol. The van der Waals surface area contributed by atoms with Gasteiger partial charge in [-0.1, -0.05) is 15.9 Å². The molecule has 92 valence electrons. The molecule has 17 heavy (non-hydrogen) atoms. The molecule has 1 aliphatic heterocycles. The molecule has 0 amide bonds. The van der Waals surface area contributed by atoms with Crippen LogP contribution in [0.4, 0.5) is 0 Å². The molecule has 5 heteroatoms. The van der Waals surface area contributed by atoms with Crippen molar-refractivity contribution >= 4 is 15.9 Å². The zero-order chi connectivity index (χ0) is 12.0. The fraction of sp³-hybridized carbons (Fsp3) is 0.500. The van der Waals surface area contributed by atoms with Crippen LogP contribution in [0.3, 0.4) is 0 Å². The van der Waals surface area contributed by atoms with Gasteiger partial charge in [0.1, 0.15) is 0 Å². The Kier molecular flexibility index (Phi) is 2.77. The molecule has 0 saturated heterocycles. The predicted molar refractivity (Wildman–Crippen MR) is 65.9 cm³/mol. The summed E-state index contributed by atoms with van der Waals surface area (Å²) in [5.74, 6) is 1.76. The number of benzene rings is 1. The summed E-state index contributed by atoms with van der Waals surface area (Å²) in [4.78, 5) is 0. The number of halogens is 1. The molecule has 0 spiro atoms. The summed E-state index contributed by atoms with van der Waals surface area (Å²) in [5.41, 5.74) is 6.97. The van der Waals surface area contributed by atoms with Gasteiger partial charge >= 0.3 is 0 Å². The summed E-state index contributed by atoms with van der Waals surface area (Å²) in [6.45, 7) is 0.242. The number of hydrogen-bond donors (Lipinski definition) is 2. The van der Waals surface area contributed by atoms with E-state index in [0.717, 1.165) is 22.9 Å². The molecular formula is C12H14BrNO3. The molecule has 0 bridgehead atoms. The number of aliphatic hydroxyl groups excluding tert-OH is 1. The van der Waals surface area contributed by atoms with Gasteiger partial charge in [0.25, 0.3) is 0 Å². The van der Waals surface area contributed by atoms with Crippen molar-refractivity contribution in [1.82, 2.24) is 0 Å². The van der Waals surface area contributed by atoms with Crippen LogP contribution in [-0.4, -0.2) is 18.0 Å². The topological polar surface area (TPSA) is 64.7 Å². The van der Waals surface area contributed by atoms with E-state index in [4.69, 9.17) is 15.2 Å². The van der Waals surface area contributed by atoms with E-state index in [1.807, 2.05) is 12.1 Å². The Morgan fingerprint density at radius 3 is 2.59 bits per heavy atom. The van der Waals surface area contributed by atoms with Crippen molar-refractivity contribution in [3.8, 4) is 11.5 Å². The summed E-state index contributed by atoms with van der Waals surface area (Å²) >= 11 is 3.46. The summed E-state index contributed by atoms with van der Waals surface area (Å²) in [6.07, 6.45) is 1.65. The third kappa shape index (κ3) is 2.03. The highest BCUT2D eigenvalue weighted by molar-refractivity contribution is 9.10. The molecule has 3 rings (SSSR count). The van der Waals surface area contributed by atoms with E-state index in [-0.39, 0.29) is 12.8 Å². The highest BCUT2D eigenvalue weighted by atomic mass is 79.9. The van der Waals surface area contributed by atoms with E-state index in [2.05, 4.69) is 15.9 Å². The van der Waals surface area contributed by atoms with Crippen molar-refractivity contribution < 1.29 is 14.6 Å². The molecule has 0 unspecified atom stereocenters. The van der Waals surface area contributed by atoms with Crippen LogP contribution in [0.1, 0.15) is 24.4 Å². The smallest absolute Gasteiger partial charge is 0.231 e. The lowest BCUT2D eigenvalue weighted by Crippen LogP contribution is -2.28. The van der Waals surface area contributed by atoms with Gasteiger partial charge in [0.15, 0.2) is 11.5 Å². The van der Waals surface area contributed by atoms with Gasteiger partial charge in [-0.2, -0.15) is 0 Å². The summed E-state index contributed by atoms with van der Waals surface area (Å²) in [7, 11) is 0. The first-order chi connectivity index (χ1) is 8.16. The molecule has 1 saturated carbocycles. The molecule has 2 atom stereocenters. The summed E-state index contributed by atoms with van der Waals surface area (Å²) in [6, 6.07) is 3.31. The Bertz CT molecular complexity index is 448. The van der Waals surface area contributed by atoms with E-state index in [9.17, 15) is 5.11 Å². The van der Waals surface area contributed by atoms with Gasteiger partial charge in [-0.25, -0.2) is 0 Å². The van der Waals surface area contributed by atoms with Gasteiger partial charge in [0.2, 0.25) is 6.79 Å². The van der Waals surface area contributed by atoms with Crippen LogP contribution in [0.2, 0.25) is 0 Å². The molecule has 4 nitrogen and oxygen atoms in total. The normalized spacial score (nSPS) is 21.4. The van der Waals surface area contributed by atoms with E-state index < -0.39 is 6.10 Å². The SMILES string of the molecule is N[C@H](c1cc2c(cc1Br)OCO2)[C@@H](O)C1CC1. The van der Waals surface area contributed by atoms with Crippen molar-refractivity contribution in [2.24, 2.45) is 11.7 Å². The minimum atomic E-state index is -0.480. The third-order valence-corrected chi connectivity index (χ3v) is 4.01. The molecule has 3 N–H and O–H groups in total. The average Bonchev–Trinajstić information content (AvgIpc) is 3.06. The summed E-state index contributed by atoms with van der Waals surface area (Å²) < 4.78 is 11.5. The first-order valence-corrected chi connectivity index (χ1v) is 6.49. The second kappa shape index (κ2) is 4.15. The lowest BCUT2D eigenvalue weighted by molar-refractivity contribution is 0.122. The number of aliphatic hydroxyl groups is 1. The standard InChI is InChI=1S/C12H14BrNO3/c13-8-4-10-9(16-5-17-10)3-7(8)11(14)12(15)6-1-2-6/h3-4,6,11-12,15H,1-2,5,14H2/t11-,12+/m1/s1. The maximum atomic E-state index is 10.1. The second-order valence-corrected chi connectivity index (χ2v) is 5.44. The van der Waals surface area contributed by atoms with Crippen molar-refractivity contribution in [2.45, 2.75) is 25.0 Å². The second-order valence-electron chi connectivity index (χ2n) is 4.58. The van der Waals surface area contributed by atoms with Crippen molar-refractivity contribution in [1.29, 1.82) is 0 Å². The Balaban J connectivity index is 1.91. The van der Waals surface area contributed by atoms with Crippen LogP contribution in [0, 0.1) is 5.92 Å². The van der Waals surface area contributed by atoms with E-state index in [1.54, 1.807) is 0 Å². The zero-order valence-corrected chi connectivity index (χ0v) is 10.8. The fourth-order valence-electron chi connectivity index (χ4n) is 2.10. The molecule has 1 heterocycles. The Hall–Kier alpha value is -0.780. The van der Waals surface area contributed by atoms with Crippen LogP contribution in [0.15, 0.2) is 16.6 Å². The average molecular weight is 300 g/mol. The Morgan fingerprint density at radius 1 is 1.29 bits per heavy atom. The lowest BCUT2D eigenvalue weighted by atomic mass is 9.99. The first kappa shape index (κ1) is 11.3. The van der Waals surface area contributed by atoms with E-state index in [1.165, 1.54) is 0 Å². The summed E-state index contributed by atoms with van der Waals surface area (Å²) in [5, 5.41) is 10.1. The maximum absolute atomic E-state index is 10.1.